The van der Waals surface area contributed by atoms with Crippen LogP contribution in [-0.4, -0.2) is 32.5 Å². The molecule has 0 saturated carbocycles. The molecule has 0 unspecified atom stereocenters. The number of para-hydroxylation sites is 4. The lowest BCUT2D eigenvalue weighted by Crippen LogP contribution is -2.62. The SMILES string of the molecule is c1ccc2c(c1)B1c3cc4c(cc3Oc3cc(-c5ccncc5)c5c6ccccc6n-2c5c31)Oc1cc(-c2ccncc2)c2c3ccccc3n3c2c1B4c1ccccc1-3. The Bertz CT molecular complexity index is 3500. The number of benzene rings is 7. The lowest BCUT2D eigenvalue weighted by molar-refractivity contribution is 0.466. The van der Waals surface area contributed by atoms with Gasteiger partial charge in [0, 0.05) is 63.8 Å². The molecule has 6 nitrogen and oxygen atoms in total. The third-order valence-corrected chi connectivity index (χ3v) is 13.6. The Labute approximate surface area is 344 Å². The minimum absolute atomic E-state index is 0.0585. The molecule has 0 N–H and O–H groups in total. The van der Waals surface area contributed by atoms with Crippen molar-refractivity contribution in [3.8, 4) is 56.6 Å². The molecule has 11 aromatic rings. The third kappa shape index (κ3) is 3.74. The Morgan fingerprint density at radius 2 is 0.833 bits per heavy atom. The van der Waals surface area contributed by atoms with Crippen LogP contribution in [0, 0.1) is 0 Å². The van der Waals surface area contributed by atoms with Gasteiger partial charge < -0.3 is 18.6 Å². The number of pyridine rings is 2. The maximum atomic E-state index is 7.21. The molecule has 0 aliphatic carbocycles. The van der Waals surface area contributed by atoms with E-state index in [0.717, 1.165) is 56.2 Å². The third-order valence-electron chi connectivity index (χ3n) is 13.6. The van der Waals surface area contributed by atoms with E-state index in [0.29, 0.717) is 0 Å². The highest BCUT2D eigenvalue weighted by Gasteiger charge is 2.46. The van der Waals surface area contributed by atoms with E-state index in [1.54, 1.807) is 0 Å². The first-order chi connectivity index (χ1) is 29.8. The lowest BCUT2D eigenvalue weighted by Gasteiger charge is -2.37. The summed E-state index contributed by atoms with van der Waals surface area (Å²) in [5.41, 5.74) is 18.9. The molecule has 0 radical (unpaired) electrons. The molecule has 0 atom stereocenters. The van der Waals surface area contributed by atoms with Gasteiger partial charge in [0.1, 0.15) is 23.0 Å². The topological polar surface area (TPSA) is 54.1 Å². The maximum Gasteiger partial charge on any atom is 0.256 e. The Hall–Kier alpha value is -7.83. The molecule has 274 valence electrons. The molecule has 0 amide bonds. The first-order valence-corrected chi connectivity index (χ1v) is 20.5. The van der Waals surface area contributed by atoms with Crippen molar-refractivity contribution >= 4 is 89.8 Å². The molecular formula is C52H28B2N4O2. The molecular weight excluding hydrogens is 734 g/mol. The van der Waals surface area contributed by atoms with E-state index in [-0.39, 0.29) is 13.4 Å². The average Bonchev–Trinajstić information content (AvgIpc) is 3.85. The highest BCUT2D eigenvalue weighted by atomic mass is 16.5. The van der Waals surface area contributed by atoms with Crippen LogP contribution in [0.1, 0.15) is 0 Å². The zero-order valence-electron chi connectivity index (χ0n) is 31.9. The van der Waals surface area contributed by atoms with Crippen molar-refractivity contribution in [1.82, 2.24) is 19.1 Å². The van der Waals surface area contributed by atoms with Gasteiger partial charge in [-0.05, 0) is 116 Å². The summed E-state index contributed by atoms with van der Waals surface area (Å²) in [6.45, 7) is -0.117. The zero-order valence-corrected chi connectivity index (χ0v) is 31.9. The van der Waals surface area contributed by atoms with Gasteiger partial charge in [0.15, 0.2) is 0 Å². The summed E-state index contributed by atoms with van der Waals surface area (Å²) in [5.74, 6) is 3.39. The predicted molar refractivity (Wildman–Crippen MR) is 244 cm³/mol. The van der Waals surface area contributed by atoms with E-state index in [1.807, 2.05) is 24.8 Å². The Morgan fingerprint density at radius 3 is 1.32 bits per heavy atom. The van der Waals surface area contributed by atoms with Crippen LogP contribution in [0.15, 0.2) is 170 Å². The van der Waals surface area contributed by atoms with Crippen molar-refractivity contribution in [2.24, 2.45) is 0 Å². The number of ether oxygens (including phenoxy) is 2. The summed E-state index contributed by atoms with van der Waals surface area (Å²) >= 11 is 0. The van der Waals surface area contributed by atoms with Crippen LogP contribution < -0.4 is 42.3 Å². The van der Waals surface area contributed by atoms with Gasteiger partial charge in [0.05, 0.1) is 22.1 Å². The molecule has 0 saturated heterocycles. The summed E-state index contributed by atoms with van der Waals surface area (Å²) in [6.07, 6.45) is 7.49. The summed E-state index contributed by atoms with van der Waals surface area (Å²) in [4.78, 5) is 8.74. The highest BCUT2D eigenvalue weighted by Crippen LogP contribution is 2.46. The number of rotatable bonds is 2. The van der Waals surface area contributed by atoms with E-state index in [2.05, 4.69) is 165 Å². The van der Waals surface area contributed by atoms with Crippen LogP contribution in [-0.2, 0) is 0 Å². The summed E-state index contributed by atoms with van der Waals surface area (Å²) in [6, 6.07) is 53.0. The van der Waals surface area contributed by atoms with E-state index >= 15 is 0 Å². The summed E-state index contributed by atoms with van der Waals surface area (Å²) in [7, 11) is 0. The molecule has 8 heterocycles. The molecule has 60 heavy (non-hydrogen) atoms. The van der Waals surface area contributed by atoms with Gasteiger partial charge in [0.25, 0.3) is 13.4 Å². The molecule has 4 aromatic heterocycles. The molecule has 7 aromatic carbocycles. The van der Waals surface area contributed by atoms with E-state index < -0.39 is 0 Å². The molecule has 0 spiro atoms. The number of fused-ring (bicyclic) bond motifs is 16. The smallest absolute Gasteiger partial charge is 0.256 e. The molecule has 4 aliphatic rings. The van der Waals surface area contributed by atoms with Gasteiger partial charge in [0.2, 0.25) is 0 Å². The Morgan fingerprint density at radius 1 is 0.400 bits per heavy atom. The van der Waals surface area contributed by atoms with Crippen molar-refractivity contribution in [3.05, 3.63) is 170 Å². The molecule has 0 fully saturated rings. The minimum atomic E-state index is -0.0585. The fourth-order valence-electron chi connectivity index (χ4n) is 11.4. The number of hydrogen-bond acceptors (Lipinski definition) is 4. The molecule has 8 heteroatoms. The maximum absolute atomic E-state index is 7.21. The fourth-order valence-corrected chi connectivity index (χ4v) is 11.4. The van der Waals surface area contributed by atoms with Crippen LogP contribution >= 0.6 is 0 Å². The van der Waals surface area contributed by atoms with Crippen LogP contribution in [0.3, 0.4) is 0 Å². The Balaban J connectivity index is 1.04. The monoisotopic (exact) mass is 762 g/mol. The second kappa shape index (κ2) is 11.0. The minimum Gasteiger partial charge on any atom is -0.458 e. The standard InChI is InChI=1S/C52H28B2N4O2/c1-5-13-39-31(9-1)47-33(29-17-21-55-22-18-29)25-45-49-51(47)57(39)41-15-7-3-11-35(41)53(49)37-27-38-44(28-43(37)59-45)60-46-26-34(30-19-23-56-24-20-30)48-32-10-2-6-14-40(32)58-42-16-8-4-12-36(42)54(38)50(46)52(48)58/h1-28H. The predicted octanol–water partition coefficient (Wildman–Crippen LogP) is 7.88. The van der Waals surface area contributed by atoms with Crippen molar-refractivity contribution in [2.75, 3.05) is 0 Å². The first-order valence-electron chi connectivity index (χ1n) is 20.5. The fraction of sp³-hybridized carbons (Fsp3) is 0. The van der Waals surface area contributed by atoms with Crippen molar-refractivity contribution in [2.45, 2.75) is 0 Å². The van der Waals surface area contributed by atoms with Crippen LogP contribution in [0.25, 0.3) is 77.2 Å². The molecule has 15 rings (SSSR count). The van der Waals surface area contributed by atoms with E-state index in [4.69, 9.17) is 9.47 Å². The van der Waals surface area contributed by atoms with Crippen molar-refractivity contribution < 1.29 is 9.47 Å². The van der Waals surface area contributed by atoms with Crippen LogP contribution in [0.5, 0.6) is 23.0 Å². The van der Waals surface area contributed by atoms with Gasteiger partial charge in [-0.3, -0.25) is 9.97 Å². The van der Waals surface area contributed by atoms with Gasteiger partial charge >= 0.3 is 0 Å². The Kier molecular flexibility index (Phi) is 5.72. The van der Waals surface area contributed by atoms with Crippen LogP contribution in [0.2, 0.25) is 0 Å². The van der Waals surface area contributed by atoms with Crippen LogP contribution in [0.4, 0.5) is 0 Å². The van der Waals surface area contributed by atoms with Gasteiger partial charge in [-0.1, -0.05) is 78.9 Å². The van der Waals surface area contributed by atoms with Gasteiger partial charge in [-0.2, -0.15) is 0 Å². The second-order valence-electron chi connectivity index (χ2n) is 16.4. The first kappa shape index (κ1) is 31.2. The molecule has 4 aliphatic heterocycles. The summed E-state index contributed by atoms with van der Waals surface area (Å²) < 4.78 is 19.4. The second-order valence-corrected chi connectivity index (χ2v) is 16.4. The number of nitrogens with zero attached hydrogens (tertiary/aromatic N) is 4. The van der Waals surface area contributed by atoms with Crippen molar-refractivity contribution in [3.63, 3.8) is 0 Å². The normalized spacial score (nSPS) is 13.5. The van der Waals surface area contributed by atoms with Gasteiger partial charge in [-0.25, -0.2) is 0 Å². The summed E-state index contributed by atoms with van der Waals surface area (Å²) in [5, 5.41) is 4.92. The quantitative estimate of drug-likeness (QED) is 0.168. The van der Waals surface area contributed by atoms with E-state index in [1.165, 1.54) is 76.8 Å². The molecule has 0 bridgehead atoms. The largest absolute Gasteiger partial charge is 0.458 e. The van der Waals surface area contributed by atoms with Gasteiger partial charge in [-0.15, -0.1) is 0 Å². The highest BCUT2D eigenvalue weighted by molar-refractivity contribution is 7.02. The van der Waals surface area contributed by atoms with Crippen molar-refractivity contribution in [1.29, 1.82) is 0 Å². The number of hydrogen-bond donors (Lipinski definition) is 0. The lowest BCUT2D eigenvalue weighted by atomic mass is 9.31. The zero-order chi connectivity index (χ0) is 38.8. The number of aromatic nitrogens is 4. The average molecular weight is 762 g/mol. The van der Waals surface area contributed by atoms with E-state index in [9.17, 15) is 0 Å².